The molecule has 1 rings (SSSR count). The molecule has 3 nitrogen and oxygen atoms in total. The molecule has 0 bridgehead atoms. The number of halogens is 1. The van der Waals surface area contributed by atoms with Gasteiger partial charge in [0.05, 0.1) is 7.11 Å². The molecule has 0 aliphatic carbocycles. The summed E-state index contributed by atoms with van der Waals surface area (Å²) in [5.74, 6) is 0.692. The quantitative estimate of drug-likeness (QED) is 0.735. The van der Waals surface area contributed by atoms with Gasteiger partial charge in [-0.25, -0.2) is 0 Å². The number of ether oxygens (including phenoxy) is 1. The van der Waals surface area contributed by atoms with Gasteiger partial charge in [-0.3, -0.25) is 0 Å². The molecule has 1 aromatic carbocycles. The third-order valence-corrected chi connectivity index (χ3v) is 1.09. The van der Waals surface area contributed by atoms with E-state index in [1.165, 1.54) is 7.11 Å². The molecule has 0 amide bonds. The van der Waals surface area contributed by atoms with Crippen LogP contribution in [0, 0.1) is 0 Å². The summed E-state index contributed by atoms with van der Waals surface area (Å²) in [6.07, 6.45) is 0. The van der Waals surface area contributed by atoms with Crippen LogP contribution in [0.3, 0.4) is 0 Å². The minimum Gasteiger partial charge on any atom is -0.504 e. The Morgan fingerprint density at radius 3 is 2.15 bits per heavy atom. The number of rotatable bonds is 1. The minimum atomic E-state index is 0. The predicted octanol–water partition coefficient (Wildman–Crippen LogP) is 1.79. The number of benzene rings is 1. The van der Waals surface area contributed by atoms with Gasteiger partial charge in [0.15, 0.2) is 11.5 Å². The highest BCUT2D eigenvalue weighted by Crippen LogP contribution is 2.22. The molecule has 1 aromatic rings. The van der Waals surface area contributed by atoms with E-state index in [2.05, 4.69) is 0 Å². The van der Waals surface area contributed by atoms with Gasteiger partial charge in [-0.05, 0) is 18.7 Å². The van der Waals surface area contributed by atoms with Gasteiger partial charge in [-0.2, -0.15) is 0 Å². The largest absolute Gasteiger partial charge is 0.504 e. The first-order chi connectivity index (χ1) is 5.76. The lowest BCUT2D eigenvalue weighted by Crippen LogP contribution is -1.87. The maximum Gasteiger partial charge on any atom is 0.160 e. The molecule has 0 heterocycles. The maximum absolute atomic E-state index is 8.99. The summed E-state index contributed by atoms with van der Waals surface area (Å²) in [5, 5.41) is 8.99. The number of nitrogens with two attached hydrogens (primary N) is 1. The molecule has 4 heteroatoms. The number of methoxy groups -OCH3 is 1. The van der Waals surface area contributed by atoms with Gasteiger partial charge in [0, 0.05) is 0 Å². The summed E-state index contributed by atoms with van der Waals surface area (Å²) in [4.78, 5) is 0. The zero-order valence-electron chi connectivity index (χ0n) is 7.86. The fraction of sp³-hybridized carbons (Fsp3) is 0.333. The SMILES string of the molecule is CCN.COc1ccccc1O.Cl. The van der Waals surface area contributed by atoms with Crippen LogP contribution in [0.25, 0.3) is 0 Å². The zero-order chi connectivity index (χ0) is 9.40. The molecular formula is C9H16ClNO2. The number of phenolic OH excluding ortho intramolecular Hbond substituents is 1. The number of aromatic hydroxyl groups is 1. The number of hydrogen-bond donors (Lipinski definition) is 2. The van der Waals surface area contributed by atoms with E-state index < -0.39 is 0 Å². The molecule has 3 N–H and O–H groups in total. The third-order valence-electron chi connectivity index (χ3n) is 1.09. The first kappa shape index (κ1) is 14.6. The van der Waals surface area contributed by atoms with Crippen molar-refractivity contribution < 1.29 is 9.84 Å². The van der Waals surface area contributed by atoms with Crippen molar-refractivity contribution >= 4 is 12.4 Å². The van der Waals surface area contributed by atoms with Gasteiger partial charge in [0.2, 0.25) is 0 Å². The molecule has 0 spiro atoms. The van der Waals surface area contributed by atoms with Crippen molar-refractivity contribution in [2.24, 2.45) is 5.73 Å². The third kappa shape index (κ3) is 6.25. The Hall–Kier alpha value is -0.930. The Labute approximate surface area is 84.9 Å². The van der Waals surface area contributed by atoms with Crippen molar-refractivity contribution in [2.75, 3.05) is 13.7 Å². The molecular weight excluding hydrogens is 190 g/mol. The highest BCUT2D eigenvalue weighted by molar-refractivity contribution is 5.85. The fourth-order valence-corrected chi connectivity index (χ4v) is 0.630. The van der Waals surface area contributed by atoms with Crippen molar-refractivity contribution in [3.63, 3.8) is 0 Å². The van der Waals surface area contributed by atoms with E-state index in [9.17, 15) is 0 Å². The summed E-state index contributed by atoms with van der Waals surface area (Å²) < 4.78 is 4.79. The lowest BCUT2D eigenvalue weighted by atomic mass is 10.3. The van der Waals surface area contributed by atoms with Crippen LogP contribution in [-0.4, -0.2) is 18.8 Å². The second kappa shape index (κ2) is 9.16. The van der Waals surface area contributed by atoms with Crippen LogP contribution in [0.2, 0.25) is 0 Å². The number of para-hydroxylation sites is 2. The first-order valence-corrected chi connectivity index (χ1v) is 3.78. The summed E-state index contributed by atoms with van der Waals surface area (Å²) in [7, 11) is 1.52. The van der Waals surface area contributed by atoms with E-state index in [-0.39, 0.29) is 18.2 Å². The molecule has 0 saturated heterocycles. The summed E-state index contributed by atoms with van der Waals surface area (Å²) in [6.45, 7) is 2.65. The highest BCUT2D eigenvalue weighted by atomic mass is 35.5. The van der Waals surface area contributed by atoms with E-state index in [4.69, 9.17) is 15.6 Å². The van der Waals surface area contributed by atoms with E-state index in [1.54, 1.807) is 24.3 Å². The summed E-state index contributed by atoms with van der Waals surface area (Å²) >= 11 is 0. The maximum atomic E-state index is 8.99. The lowest BCUT2D eigenvalue weighted by molar-refractivity contribution is 0.373. The summed E-state index contributed by atoms with van der Waals surface area (Å²) in [5.41, 5.74) is 4.85. The smallest absolute Gasteiger partial charge is 0.160 e. The van der Waals surface area contributed by atoms with Gasteiger partial charge in [-0.1, -0.05) is 19.1 Å². The molecule has 0 unspecified atom stereocenters. The van der Waals surface area contributed by atoms with E-state index >= 15 is 0 Å². The van der Waals surface area contributed by atoms with Crippen molar-refractivity contribution in [2.45, 2.75) is 6.92 Å². The molecule has 13 heavy (non-hydrogen) atoms. The molecule has 0 aliphatic rings. The fourth-order valence-electron chi connectivity index (χ4n) is 0.630. The lowest BCUT2D eigenvalue weighted by Gasteiger charge is -1.99. The second-order valence-corrected chi connectivity index (χ2v) is 2.08. The second-order valence-electron chi connectivity index (χ2n) is 2.08. The Balaban J connectivity index is 0. The standard InChI is InChI=1S/C7H8O2.C2H7N.ClH/c1-9-7-5-3-2-4-6(7)8;1-2-3;/h2-5,8H,1H3;2-3H2,1H3;1H. The van der Waals surface area contributed by atoms with E-state index in [0.29, 0.717) is 5.75 Å². The van der Waals surface area contributed by atoms with E-state index in [0.717, 1.165) is 6.54 Å². The topological polar surface area (TPSA) is 55.5 Å². The van der Waals surface area contributed by atoms with Gasteiger partial charge in [-0.15, -0.1) is 12.4 Å². The molecule has 76 valence electrons. The average Bonchev–Trinajstić information content (AvgIpc) is 2.07. The van der Waals surface area contributed by atoms with Crippen LogP contribution in [0.1, 0.15) is 6.92 Å². The first-order valence-electron chi connectivity index (χ1n) is 3.78. The molecule has 0 aromatic heterocycles. The number of hydrogen-bond acceptors (Lipinski definition) is 3. The van der Waals surface area contributed by atoms with Crippen molar-refractivity contribution in [3.8, 4) is 11.5 Å². The molecule has 0 aliphatic heterocycles. The van der Waals surface area contributed by atoms with Crippen LogP contribution in [0.4, 0.5) is 0 Å². The monoisotopic (exact) mass is 205 g/mol. The molecule has 0 fully saturated rings. The minimum absolute atomic E-state index is 0. The average molecular weight is 206 g/mol. The van der Waals surface area contributed by atoms with Gasteiger partial charge >= 0.3 is 0 Å². The Morgan fingerprint density at radius 2 is 1.85 bits per heavy atom. The van der Waals surface area contributed by atoms with Gasteiger partial charge < -0.3 is 15.6 Å². The predicted molar refractivity (Wildman–Crippen MR) is 56.6 cm³/mol. The molecule has 0 atom stereocenters. The van der Waals surface area contributed by atoms with Crippen molar-refractivity contribution in [1.82, 2.24) is 0 Å². The Bertz CT molecular complexity index is 219. The van der Waals surface area contributed by atoms with Crippen molar-refractivity contribution in [1.29, 1.82) is 0 Å². The van der Waals surface area contributed by atoms with Crippen LogP contribution in [0.15, 0.2) is 24.3 Å². The Kier molecular flexibility index (Phi) is 10.3. The zero-order valence-corrected chi connectivity index (χ0v) is 8.67. The van der Waals surface area contributed by atoms with Crippen molar-refractivity contribution in [3.05, 3.63) is 24.3 Å². The van der Waals surface area contributed by atoms with E-state index in [1.807, 2.05) is 6.92 Å². The van der Waals surface area contributed by atoms with Gasteiger partial charge in [0.1, 0.15) is 0 Å². The highest BCUT2D eigenvalue weighted by Gasteiger charge is 1.94. The molecule has 0 saturated carbocycles. The summed E-state index contributed by atoms with van der Waals surface area (Å²) in [6, 6.07) is 6.84. The number of phenols is 1. The van der Waals surface area contributed by atoms with Crippen LogP contribution in [-0.2, 0) is 0 Å². The van der Waals surface area contributed by atoms with Crippen LogP contribution < -0.4 is 10.5 Å². The van der Waals surface area contributed by atoms with Gasteiger partial charge in [0.25, 0.3) is 0 Å². The molecule has 0 radical (unpaired) electrons. The van der Waals surface area contributed by atoms with Crippen LogP contribution >= 0.6 is 12.4 Å². The Morgan fingerprint density at radius 1 is 1.38 bits per heavy atom. The van der Waals surface area contributed by atoms with Crippen LogP contribution in [0.5, 0.6) is 11.5 Å². The normalized spacial score (nSPS) is 7.62.